The molecule has 2 unspecified atom stereocenters. The van der Waals surface area contributed by atoms with E-state index in [0.29, 0.717) is 13.0 Å². The van der Waals surface area contributed by atoms with Gasteiger partial charge in [-0.15, -0.1) is 24.8 Å². The molecule has 0 bridgehead atoms. The molecule has 1 N–H and O–H groups in total. The minimum Gasteiger partial charge on any atom is -0.467 e. The number of benzene rings is 1. The van der Waals surface area contributed by atoms with Gasteiger partial charge in [0, 0.05) is 18.3 Å². The summed E-state index contributed by atoms with van der Waals surface area (Å²) < 4.78 is 9.84. The van der Waals surface area contributed by atoms with E-state index in [2.05, 4.69) is 11.9 Å². The molecule has 0 saturated carbocycles. The number of carbonyl (C=O) groups excluding carboxylic acids is 2. The van der Waals surface area contributed by atoms with Crippen LogP contribution >= 0.6 is 24.8 Å². The maximum Gasteiger partial charge on any atom is 0.328 e. The Morgan fingerprint density at radius 1 is 1.32 bits per heavy atom. The molecule has 0 radical (unpaired) electrons. The van der Waals surface area contributed by atoms with Crippen molar-refractivity contribution in [3.05, 3.63) is 43.0 Å². The monoisotopic (exact) mass is 390 g/mol. The fourth-order valence-electron chi connectivity index (χ4n) is 2.68. The van der Waals surface area contributed by atoms with Crippen LogP contribution in [0.2, 0.25) is 0 Å². The van der Waals surface area contributed by atoms with Crippen LogP contribution in [0.1, 0.15) is 6.42 Å². The molecule has 2 rings (SSSR count). The van der Waals surface area contributed by atoms with Gasteiger partial charge in [0.15, 0.2) is 0 Å². The van der Waals surface area contributed by atoms with Crippen molar-refractivity contribution in [3.63, 3.8) is 0 Å². The summed E-state index contributed by atoms with van der Waals surface area (Å²) in [6.07, 6.45) is 2.11. The Kier molecular flexibility index (Phi) is 10.9. The van der Waals surface area contributed by atoms with E-state index >= 15 is 0 Å². The van der Waals surface area contributed by atoms with Crippen molar-refractivity contribution in [3.8, 4) is 0 Å². The Morgan fingerprint density at radius 2 is 2.00 bits per heavy atom. The molecule has 2 atom stereocenters. The van der Waals surface area contributed by atoms with E-state index in [1.807, 2.05) is 35.2 Å². The van der Waals surface area contributed by atoms with Crippen molar-refractivity contribution in [1.29, 1.82) is 0 Å². The lowest BCUT2D eigenvalue weighted by molar-refractivity contribution is -0.142. The van der Waals surface area contributed by atoms with Crippen LogP contribution in [0.5, 0.6) is 0 Å². The van der Waals surface area contributed by atoms with Crippen molar-refractivity contribution < 1.29 is 19.1 Å². The lowest BCUT2D eigenvalue weighted by Crippen LogP contribution is -2.38. The predicted octanol–water partition coefficient (Wildman–Crippen LogP) is 1.97. The van der Waals surface area contributed by atoms with Crippen LogP contribution in [0.3, 0.4) is 0 Å². The number of esters is 2. The van der Waals surface area contributed by atoms with Crippen LogP contribution in [0.15, 0.2) is 43.0 Å². The maximum absolute atomic E-state index is 12.0. The molecule has 1 aromatic rings. The third-order valence-corrected chi connectivity index (χ3v) is 3.76. The molecule has 0 spiro atoms. The average molecular weight is 391 g/mol. The van der Waals surface area contributed by atoms with Gasteiger partial charge in [-0.1, -0.05) is 30.9 Å². The minimum absolute atomic E-state index is 0. The number of ether oxygens (including phenoxy) is 2. The second-order valence-electron chi connectivity index (χ2n) is 5.31. The standard InChI is InChI=1S/C17H22N2O4.2ClH/c1-3-9-23-16(20)11-18-13-10-15(17(21)22-2)19(12-13)14-7-5-4-6-8-14;;/h3-8,13,15,18H,1,9-12H2,2H3;2*1H. The van der Waals surface area contributed by atoms with Gasteiger partial charge in [0.2, 0.25) is 0 Å². The molecule has 1 aromatic carbocycles. The largest absolute Gasteiger partial charge is 0.467 e. The molecule has 1 saturated heterocycles. The number of methoxy groups -OCH3 is 1. The molecule has 0 aliphatic carbocycles. The lowest BCUT2D eigenvalue weighted by atomic mass is 10.1. The molecular formula is C17H24Cl2N2O4. The summed E-state index contributed by atoms with van der Waals surface area (Å²) in [4.78, 5) is 25.6. The number of hydrogen-bond donors (Lipinski definition) is 1. The highest BCUT2D eigenvalue weighted by molar-refractivity contribution is 5.85. The Bertz CT molecular complexity index is 557. The summed E-state index contributed by atoms with van der Waals surface area (Å²) in [5.41, 5.74) is 0.960. The van der Waals surface area contributed by atoms with E-state index in [1.165, 1.54) is 13.2 Å². The van der Waals surface area contributed by atoms with Crippen molar-refractivity contribution in [2.45, 2.75) is 18.5 Å². The van der Waals surface area contributed by atoms with Crippen LogP contribution in [0.25, 0.3) is 0 Å². The van der Waals surface area contributed by atoms with Crippen molar-refractivity contribution in [1.82, 2.24) is 5.32 Å². The fourth-order valence-corrected chi connectivity index (χ4v) is 2.68. The maximum atomic E-state index is 12.0. The van der Waals surface area contributed by atoms with Gasteiger partial charge in [-0.05, 0) is 18.6 Å². The number of nitrogens with zero attached hydrogens (tertiary/aromatic N) is 1. The first kappa shape index (κ1) is 23.2. The summed E-state index contributed by atoms with van der Waals surface area (Å²) in [6.45, 7) is 4.43. The van der Waals surface area contributed by atoms with Crippen LogP contribution in [-0.4, -0.2) is 50.8 Å². The summed E-state index contributed by atoms with van der Waals surface area (Å²) in [6, 6.07) is 9.35. The van der Waals surface area contributed by atoms with Crippen molar-refractivity contribution >= 4 is 42.4 Å². The van der Waals surface area contributed by atoms with Crippen LogP contribution in [0.4, 0.5) is 5.69 Å². The number of para-hydroxylation sites is 1. The summed E-state index contributed by atoms with van der Waals surface area (Å²) in [5, 5.41) is 3.14. The van der Waals surface area contributed by atoms with Crippen molar-refractivity contribution in [2.24, 2.45) is 0 Å². The third kappa shape index (κ3) is 6.57. The Hall–Kier alpha value is -1.76. The molecule has 1 aliphatic heterocycles. The predicted molar refractivity (Wildman–Crippen MR) is 102 cm³/mol. The zero-order valence-electron chi connectivity index (χ0n) is 14.1. The SMILES string of the molecule is C=CCOC(=O)CNC1CC(C(=O)OC)N(c2ccccc2)C1.Cl.Cl. The Morgan fingerprint density at radius 3 is 2.60 bits per heavy atom. The molecule has 6 nitrogen and oxygen atoms in total. The molecule has 1 fully saturated rings. The van der Waals surface area contributed by atoms with Crippen molar-refractivity contribution in [2.75, 3.05) is 31.7 Å². The fraction of sp³-hybridized carbons (Fsp3) is 0.412. The zero-order valence-corrected chi connectivity index (χ0v) is 15.7. The molecular weight excluding hydrogens is 367 g/mol. The Labute approximate surface area is 160 Å². The number of carbonyl (C=O) groups is 2. The minimum atomic E-state index is -0.357. The number of nitrogens with one attached hydrogen (secondary N) is 1. The van der Waals surface area contributed by atoms with Crippen LogP contribution in [-0.2, 0) is 19.1 Å². The van der Waals surface area contributed by atoms with Crippen LogP contribution < -0.4 is 10.2 Å². The average Bonchev–Trinajstić information content (AvgIpc) is 3.02. The molecule has 1 heterocycles. The highest BCUT2D eigenvalue weighted by atomic mass is 35.5. The molecule has 0 amide bonds. The first-order valence-corrected chi connectivity index (χ1v) is 7.55. The van der Waals surface area contributed by atoms with Gasteiger partial charge >= 0.3 is 11.9 Å². The van der Waals surface area contributed by atoms with Gasteiger partial charge in [-0.25, -0.2) is 4.79 Å². The van der Waals surface area contributed by atoms with Gasteiger partial charge < -0.3 is 19.7 Å². The molecule has 8 heteroatoms. The van der Waals surface area contributed by atoms with Gasteiger partial charge in [-0.3, -0.25) is 4.79 Å². The summed E-state index contributed by atoms with van der Waals surface area (Å²) in [5.74, 6) is -0.606. The Balaban J connectivity index is 0.00000288. The van der Waals surface area contributed by atoms with E-state index in [1.54, 1.807) is 0 Å². The summed E-state index contributed by atoms with van der Waals surface area (Å²) in [7, 11) is 1.39. The molecule has 1 aliphatic rings. The van der Waals surface area contributed by atoms with Gasteiger partial charge in [0.1, 0.15) is 12.6 Å². The number of rotatable bonds is 7. The highest BCUT2D eigenvalue weighted by Crippen LogP contribution is 2.26. The topological polar surface area (TPSA) is 67.9 Å². The number of hydrogen-bond acceptors (Lipinski definition) is 6. The zero-order chi connectivity index (χ0) is 16.7. The van der Waals surface area contributed by atoms with E-state index in [-0.39, 0.29) is 62.0 Å². The second-order valence-corrected chi connectivity index (χ2v) is 5.31. The van der Waals surface area contributed by atoms with E-state index in [4.69, 9.17) is 9.47 Å². The number of halogens is 2. The normalized spacial score (nSPS) is 18.5. The summed E-state index contributed by atoms with van der Waals surface area (Å²) >= 11 is 0. The third-order valence-electron chi connectivity index (χ3n) is 3.76. The van der Waals surface area contributed by atoms with E-state index < -0.39 is 0 Å². The van der Waals surface area contributed by atoms with E-state index in [0.717, 1.165) is 5.69 Å². The second kappa shape index (κ2) is 11.7. The molecule has 25 heavy (non-hydrogen) atoms. The van der Waals surface area contributed by atoms with Gasteiger partial charge in [0.25, 0.3) is 0 Å². The van der Waals surface area contributed by atoms with E-state index in [9.17, 15) is 9.59 Å². The highest BCUT2D eigenvalue weighted by Gasteiger charge is 2.37. The molecule has 0 aromatic heterocycles. The number of anilines is 1. The first-order valence-electron chi connectivity index (χ1n) is 7.55. The van der Waals surface area contributed by atoms with Crippen LogP contribution in [0, 0.1) is 0 Å². The lowest BCUT2D eigenvalue weighted by Gasteiger charge is -2.24. The quantitative estimate of drug-likeness (QED) is 0.566. The van der Waals surface area contributed by atoms with Gasteiger partial charge in [0.05, 0.1) is 13.7 Å². The first-order chi connectivity index (χ1) is 11.2. The van der Waals surface area contributed by atoms with Gasteiger partial charge in [-0.2, -0.15) is 0 Å². The molecule has 140 valence electrons. The smallest absolute Gasteiger partial charge is 0.328 e.